The molecule has 0 saturated heterocycles. The number of hydrogen-bond donors (Lipinski definition) is 0. The number of hydrogen-bond acceptors (Lipinski definition) is 4. The number of rotatable bonds is 4. The lowest BCUT2D eigenvalue weighted by atomic mass is 10.2. The molecule has 0 atom stereocenters. The highest BCUT2D eigenvalue weighted by atomic mass is 32.1. The number of likely N-dealkylation sites (N-methyl/N-ethyl adjacent to an activating group) is 1. The lowest BCUT2D eigenvalue weighted by Crippen LogP contribution is -2.19. The molecule has 2 aromatic heterocycles. The summed E-state index contributed by atoms with van der Waals surface area (Å²) in [5.74, 6) is 0. The van der Waals surface area contributed by atoms with Crippen LogP contribution in [-0.4, -0.2) is 23.6 Å². The Kier molecular flexibility index (Phi) is 3.65. The van der Waals surface area contributed by atoms with Gasteiger partial charge in [-0.15, -0.1) is 0 Å². The number of pyridine rings is 1. The van der Waals surface area contributed by atoms with Crippen molar-refractivity contribution < 1.29 is 0 Å². The fourth-order valence-corrected chi connectivity index (χ4v) is 3.21. The number of aromatic nitrogens is 2. The molecule has 3 aromatic rings. The highest BCUT2D eigenvalue weighted by Crippen LogP contribution is 2.29. The number of thiazole rings is 1. The van der Waals surface area contributed by atoms with Crippen LogP contribution < -0.4 is 4.90 Å². The van der Waals surface area contributed by atoms with Crippen molar-refractivity contribution in [1.29, 1.82) is 0 Å². The van der Waals surface area contributed by atoms with Crippen LogP contribution in [0.2, 0.25) is 0 Å². The Morgan fingerprint density at radius 1 is 1.15 bits per heavy atom. The maximum Gasteiger partial charge on any atom is 0.186 e. The molecular formula is C16H17N3S. The normalized spacial score (nSPS) is 10.9. The summed E-state index contributed by atoms with van der Waals surface area (Å²) in [4.78, 5) is 11.0. The minimum atomic E-state index is 0.961. The molecule has 0 unspecified atom stereocenters. The van der Waals surface area contributed by atoms with Gasteiger partial charge in [-0.3, -0.25) is 4.98 Å². The first-order valence-electron chi connectivity index (χ1n) is 6.70. The van der Waals surface area contributed by atoms with E-state index in [1.165, 1.54) is 15.8 Å². The zero-order chi connectivity index (χ0) is 13.9. The summed E-state index contributed by atoms with van der Waals surface area (Å²) in [6.45, 7) is 3.08. The zero-order valence-electron chi connectivity index (χ0n) is 11.7. The van der Waals surface area contributed by atoms with Gasteiger partial charge in [-0.25, -0.2) is 4.98 Å². The molecular weight excluding hydrogens is 266 g/mol. The molecule has 3 nitrogen and oxygen atoms in total. The van der Waals surface area contributed by atoms with Crippen LogP contribution in [0.5, 0.6) is 0 Å². The van der Waals surface area contributed by atoms with Gasteiger partial charge in [-0.1, -0.05) is 23.5 Å². The Balaban J connectivity index is 1.75. The standard InChI is InChI=1S/C16H17N3S/c1-12-4-3-5-14-15(12)18-16(20-14)19(2)11-8-13-6-9-17-10-7-13/h3-7,9-10H,8,11H2,1-2H3. The van der Waals surface area contributed by atoms with Crippen LogP contribution in [0, 0.1) is 6.92 Å². The van der Waals surface area contributed by atoms with Gasteiger partial charge in [-0.2, -0.15) is 0 Å². The Labute approximate surface area is 122 Å². The quantitative estimate of drug-likeness (QED) is 0.731. The van der Waals surface area contributed by atoms with E-state index in [2.05, 4.69) is 54.2 Å². The van der Waals surface area contributed by atoms with Crippen molar-refractivity contribution in [1.82, 2.24) is 9.97 Å². The first kappa shape index (κ1) is 13.1. The molecule has 0 aliphatic carbocycles. The molecule has 0 spiro atoms. The van der Waals surface area contributed by atoms with Gasteiger partial charge in [0.15, 0.2) is 5.13 Å². The minimum Gasteiger partial charge on any atom is -0.351 e. The second-order valence-corrected chi connectivity index (χ2v) is 5.95. The van der Waals surface area contributed by atoms with Crippen molar-refractivity contribution in [3.05, 3.63) is 53.9 Å². The van der Waals surface area contributed by atoms with Gasteiger partial charge in [0.05, 0.1) is 10.2 Å². The number of aryl methyl sites for hydroxylation is 1. The fraction of sp³-hybridized carbons (Fsp3) is 0.250. The maximum absolute atomic E-state index is 4.76. The SMILES string of the molecule is Cc1cccc2sc(N(C)CCc3ccncc3)nc12. The second-order valence-electron chi connectivity index (χ2n) is 4.95. The van der Waals surface area contributed by atoms with Crippen molar-refractivity contribution in [3.63, 3.8) is 0 Å². The molecule has 1 aromatic carbocycles. The summed E-state index contributed by atoms with van der Waals surface area (Å²) < 4.78 is 1.26. The van der Waals surface area contributed by atoms with E-state index in [4.69, 9.17) is 4.98 Å². The van der Waals surface area contributed by atoms with Gasteiger partial charge in [0.1, 0.15) is 0 Å². The molecule has 20 heavy (non-hydrogen) atoms. The summed E-state index contributed by atoms with van der Waals surface area (Å²) in [6.07, 6.45) is 4.70. The third kappa shape index (κ3) is 2.65. The minimum absolute atomic E-state index is 0.961. The van der Waals surface area contributed by atoms with Crippen molar-refractivity contribution in [2.24, 2.45) is 0 Å². The van der Waals surface area contributed by atoms with Crippen LogP contribution in [0.3, 0.4) is 0 Å². The molecule has 0 saturated carbocycles. The Bertz CT molecular complexity index is 706. The summed E-state index contributed by atoms with van der Waals surface area (Å²) in [6, 6.07) is 10.5. The average molecular weight is 283 g/mol. The van der Waals surface area contributed by atoms with E-state index < -0.39 is 0 Å². The van der Waals surface area contributed by atoms with Gasteiger partial charge in [0, 0.05) is 26.0 Å². The third-order valence-corrected chi connectivity index (χ3v) is 4.56. The monoisotopic (exact) mass is 283 g/mol. The highest BCUT2D eigenvalue weighted by molar-refractivity contribution is 7.22. The van der Waals surface area contributed by atoms with E-state index in [0.29, 0.717) is 0 Å². The molecule has 0 radical (unpaired) electrons. The lowest BCUT2D eigenvalue weighted by molar-refractivity contribution is 0.871. The van der Waals surface area contributed by atoms with E-state index in [1.807, 2.05) is 12.4 Å². The molecule has 0 bridgehead atoms. The number of para-hydroxylation sites is 1. The van der Waals surface area contributed by atoms with Gasteiger partial charge in [0.25, 0.3) is 0 Å². The topological polar surface area (TPSA) is 29.0 Å². The summed E-state index contributed by atoms with van der Waals surface area (Å²) in [5, 5.41) is 1.09. The van der Waals surface area contributed by atoms with Crippen molar-refractivity contribution in [2.45, 2.75) is 13.3 Å². The van der Waals surface area contributed by atoms with Crippen LogP contribution in [0.1, 0.15) is 11.1 Å². The highest BCUT2D eigenvalue weighted by Gasteiger charge is 2.09. The molecule has 102 valence electrons. The van der Waals surface area contributed by atoms with E-state index in [9.17, 15) is 0 Å². The summed E-state index contributed by atoms with van der Waals surface area (Å²) in [7, 11) is 2.11. The molecule has 0 amide bonds. The van der Waals surface area contributed by atoms with Crippen LogP contribution in [0.4, 0.5) is 5.13 Å². The van der Waals surface area contributed by atoms with E-state index >= 15 is 0 Å². The Hall–Kier alpha value is -1.94. The van der Waals surface area contributed by atoms with Crippen molar-refractivity contribution >= 4 is 26.7 Å². The molecule has 0 N–H and O–H groups in total. The molecule has 0 aliphatic rings. The van der Waals surface area contributed by atoms with E-state index in [1.54, 1.807) is 11.3 Å². The van der Waals surface area contributed by atoms with Crippen LogP contribution in [0.25, 0.3) is 10.2 Å². The van der Waals surface area contributed by atoms with Crippen molar-refractivity contribution in [2.75, 3.05) is 18.5 Å². The first-order valence-corrected chi connectivity index (χ1v) is 7.52. The smallest absolute Gasteiger partial charge is 0.186 e. The lowest BCUT2D eigenvalue weighted by Gasteiger charge is -2.15. The van der Waals surface area contributed by atoms with E-state index in [0.717, 1.165) is 23.6 Å². The Morgan fingerprint density at radius 3 is 2.70 bits per heavy atom. The van der Waals surface area contributed by atoms with Gasteiger partial charge in [-0.05, 0) is 42.7 Å². The van der Waals surface area contributed by atoms with Gasteiger partial charge in [0.2, 0.25) is 0 Å². The van der Waals surface area contributed by atoms with E-state index in [-0.39, 0.29) is 0 Å². The zero-order valence-corrected chi connectivity index (χ0v) is 12.5. The molecule has 4 heteroatoms. The first-order chi connectivity index (χ1) is 9.74. The average Bonchev–Trinajstić information content (AvgIpc) is 2.91. The number of benzene rings is 1. The second kappa shape index (κ2) is 5.59. The predicted molar refractivity (Wildman–Crippen MR) is 85.6 cm³/mol. The summed E-state index contributed by atoms with van der Waals surface area (Å²) in [5.41, 5.74) is 3.68. The molecule has 0 aliphatic heterocycles. The van der Waals surface area contributed by atoms with Crippen LogP contribution in [-0.2, 0) is 6.42 Å². The van der Waals surface area contributed by atoms with Gasteiger partial charge >= 0.3 is 0 Å². The van der Waals surface area contributed by atoms with Crippen LogP contribution in [0.15, 0.2) is 42.7 Å². The summed E-state index contributed by atoms with van der Waals surface area (Å²) >= 11 is 1.76. The largest absolute Gasteiger partial charge is 0.351 e. The number of fused-ring (bicyclic) bond motifs is 1. The molecule has 0 fully saturated rings. The maximum atomic E-state index is 4.76. The van der Waals surface area contributed by atoms with Gasteiger partial charge < -0.3 is 4.90 Å². The molecule has 2 heterocycles. The van der Waals surface area contributed by atoms with Crippen molar-refractivity contribution in [3.8, 4) is 0 Å². The Morgan fingerprint density at radius 2 is 1.95 bits per heavy atom. The van der Waals surface area contributed by atoms with Crippen LogP contribution >= 0.6 is 11.3 Å². The fourth-order valence-electron chi connectivity index (χ4n) is 2.18. The number of nitrogens with zero attached hydrogens (tertiary/aromatic N) is 3. The third-order valence-electron chi connectivity index (χ3n) is 3.42. The number of anilines is 1. The molecule has 3 rings (SSSR count). The predicted octanol–water partition coefficient (Wildman–Crippen LogP) is 3.68.